The van der Waals surface area contributed by atoms with Crippen molar-refractivity contribution in [2.75, 3.05) is 13.7 Å². The van der Waals surface area contributed by atoms with Crippen molar-refractivity contribution < 1.29 is 9.15 Å². The van der Waals surface area contributed by atoms with Gasteiger partial charge >= 0.3 is 0 Å². The first kappa shape index (κ1) is 14.7. The van der Waals surface area contributed by atoms with Crippen molar-refractivity contribution >= 4 is 16.6 Å². The van der Waals surface area contributed by atoms with Gasteiger partial charge in [0, 0.05) is 17.5 Å². The van der Waals surface area contributed by atoms with Crippen LogP contribution in [-0.2, 0) is 0 Å². The molecule has 4 aromatic rings. The zero-order valence-corrected chi connectivity index (χ0v) is 13.6. The van der Waals surface area contributed by atoms with Gasteiger partial charge in [-0.15, -0.1) is 5.10 Å². The van der Waals surface area contributed by atoms with Crippen LogP contribution >= 0.6 is 0 Å². The lowest BCUT2D eigenvalue weighted by Crippen LogP contribution is -2.28. The van der Waals surface area contributed by atoms with Crippen LogP contribution in [0.1, 0.15) is 6.92 Å². The van der Waals surface area contributed by atoms with Gasteiger partial charge in [-0.25, -0.2) is 9.50 Å². The Balaban J connectivity index is 1.72. The number of likely N-dealkylation sites (N-methyl/N-ethyl adjacent to an activating group) is 1. The quantitative estimate of drug-likeness (QED) is 0.611. The fourth-order valence-corrected chi connectivity index (χ4v) is 2.50. The lowest BCUT2D eigenvalue weighted by atomic mass is 10.2. The SMILES string of the molecule is CNC(C)COc1ccc2ncc(-c3cc4ccccc4o3)n2n1. The largest absolute Gasteiger partial charge is 0.475 e. The number of rotatable bonds is 5. The Morgan fingerprint density at radius 3 is 2.96 bits per heavy atom. The third kappa shape index (κ3) is 2.61. The Morgan fingerprint density at radius 1 is 1.25 bits per heavy atom. The maximum atomic E-state index is 5.92. The van der Waals surface area contributed by atoms with Crippen molar-refractivity contribution in [3.05, 3.63) is 48.7 Å². The summed E-state index contributed by atoms with van der Waals surface area (Å²) in [5.41, 5.74) is 2.39. The molecule has 122 valence electrons. The number of nitrogens with zero attached hydrogens (tertiary/aromatic N) is 3. The number of aromatic nitrogens is 3. The van der Waals surface area contributed by atoms with Crippen LogP contribution in [0.4, 0.5) is 0 Å². The van der Waals surface area contributed by atoms with Crippen molar-refractivity contribution in [1.29, 1.82) is 0 Å². The zero-order valence-electron chi connectivity index (χ0n) is 13.6. The second kappa shape index (κ2) is 5.98. The van der Waals surface area contributed by atoms with Gasteiger partial charge in [0.2, 0.25) is 5.88 Å². The van der Waals surface area contributed by atoms with Gasteiger partial charge in [0.25, 0.3) is 0 Å². The minimum atomic E-state index is 0.250. The van der Waals surface area contributed by atoms with Crippen molar-refractivity contribution in [1.82, 2.24) is 19.9 Å². The molecular weight excluding hydrogens is 304 g/mol. The van der Waals surface area contributed by atoms with E-state index in [1.165, 1.54) is 0 Å². The number of nitrogens with one attached hydrogen (secondary N) is 1. The van der Waals surface area contributed by atoms with E-state index in [1.54, 1.807) is 10.7 Å². The Hall–Kier alpha value is -2.86. The molecule has 3 aromatic heterocycles. The first-order chi connectivity index (χ1) is 11.7. The number of furan rings is 1. The summed E-state index contributed by atoms with van der Waals surface area (Å²) >= 11 is 0. The molecule has 6 nitrogen and oxygen atoms in total. The molecule has 24 heavy (non-hydrogen) atoms. The Kier molecular flexibility index (Phi) is 3.66. The van der Waals surface area contributed by atoms with E-state index in [1.807, 2.05) is 49.5 Å². The molecule has 0 amide bonds. The highest BCUT2D eigenvalue weighted by molar-refractivity contribution is 5.82. The van der Waals surface area contributed by atoms with Gasteiger partial charge in [0.1, 0.15) is 17.9 Å². The standard InChI is InChI=1S/C18H18N4O2/c1-12(19-2)11-23-18-8-7-17-20-10-14(22(17)21-18)16-9-13-5-3-4-6-15(13)24-16/h3-10,12,19H,11H2,1-2H3. The van der Waals surface area contributed by atoms with E-state index in [2.05, 4.69) is 22.3 Å². The molecule has 1 atom stereocenters. The van der Waals surface area contributed by atoms with Crippen molar-refractivity contribution in [2.24, 2.45) is 0 Å². The molecule has 4 rings (SSSR count). The van der Waals surface area contributed by atoms with Gasteiger partial charge in [0.15, 0.2) is 11.4 Å². The van der Waals surface area contributed by atoms with Gasteiger partial charge < -0.3 is 14.5 Å². The number of benzene rings is 1. The van der Waals surface area contributed by atoms with Gasteiger partial charge in [0.05, 0.1) is 6.20 Å². The molecular formula is C18H18N4O2. The lowest BCUT2D eigenvalue weighted by Gasteiger charge is -2.11. The van der Waals surface area contributed by atoms with Crippen LogP contribution in [0.15, 0.2) is 53.1 Å². The predicted molar refractivity (Wildman–Crippen MR) is 92.2 cm³/mol. The highest BCUT2D eigenvalue weighted by Gasteiger charge is 2.13. The molecule has 0 saturated heterocycles. The summed E-state index contributed by atoms with van der Waals surface area (Å²) in [5.74, 6) is 1.29. The molecule has 0 aliphatic heterocycles. The number of hydrogen-bond donors (Lipinski definition) is 1. The van der Waals surface area contributed by atoms with E-state index in [0.29, 0.717) is 12.5 Å². The molecule has 1 aromatic carbocycles. The highest BCUT2D eigenvalue weighted by atomic mass is 16.5. The lowest BCUT2D eigenvalue weighted by molar-refractivity contribution is 0.266. The van der Waals surface area contributed by atoms with Crippen LogP contribution in [0.2, 0.25) is 0 Å². The van der Waals surface area contributed by atoms with Crippen LogP contribution in [-0.4, -0.2) is 34.3 Å². The van der Waals surface area contributed by atoms with Crippen molar-refractivity contribution in [3.8, 4) is 17.3 Å². The van der Waals surface area contributed by atoms with Crippen LogP contribution in [0.5, 0.6) is 5.88 Å². The summed E-state index contributed by atoms with van der Waals surface area (Å²) in [6.45, 7) is 2.60. The molecule has 0 aliphatic carbocycles. The Bertz CT molecular complexity index is 956. The van der Waals surface area contributed by atoms with Crippen LogP contribution < -0.4 is 10.1 Å². The monoisotopic (exact) mass is 322 g/mol. The van der Waals surface area contributed by atoms with Crippen LogP contribution in [0.25, 0.3) is 28.1 Å². The Morgan fingerprint density at radius 2 is 2.12 bits per heavy atom. The highest BCUT2D eigenvalue weighted by Crippen LogP contribution is 2.28. The van der Waals surface area contributed by atoms with Crippen molar-refractivity contribution in [2.45, 2.75) is 13.0 Å². The fourth-order valence-electron chi connectivity index (χ4n) is 2.50. The van der Waals surface area contributed by atoms with Crippen molar-refractivity contribution in [3.63, 3.8) is 0 Å². The predicted octanol–water partition coefficient (Wildman–Crippen LogP) is 3.13. The summed E-state index contributed by atoms with van der Waals surface area (Å²) in [6.07, 6.45) is 1.76. The molecule has 0 aliphatic rings. The first-order valence-corrected chi connectivity index (χ1v) is 7.88. The van der Waals surface area contributed by atoms with E-state index in [-0.39, 0.29) is 6.04 Å². The molecule has 0 bridgehead atoms. The van der Waals surface area contributed by atoms with E-state index in [9.17, 15) is 0 Å². The second-order valence-electron chi connectivity index (χ2n) is 5.73. The normalized spacial score (nSPS) is 12.8. The minimum Gasteiger partial charge on any atom is -0.475 e. The number of imidazole rings is 1. The Labute approximate surface area is 139 Å². The molecule has 6 heteroatoms. The van der Waals surface area contributed by atoms with E-state index >= 15 is 0 Å². The number of para-hydroxylation sites is 1. The van der Waals surface area contributed by atoms with Gasteiger partial charge in [-0.2, -0.15) is 0 Å². The second-order valence-corrected chi connectivity index (χ2v) is 5.73. The zero-order chi connectivity index (χ0) is 16.5. The van der Waals surface area contributed by atoms with Gasteiger partial charge in [-0.1, -0.05) is 18.2 Å². The molecule has 0 spiro atoms. The number of ether oxygens (including phenoxy) is 1. The third-order valence-corrected chi connectivity index (χ3v) is 3.99. The smallest absolute Gasteiger partial charge is 0.231 e. The average Bonchev–Trinajstić information content (AvgIpc) is 3.22. The van der Waals surface area contributed by atoms with E-state index in [0.717, 1.165) is 28.1 Å². The fraction of sp³-hybridized carbons (Fsp3) is 0.222. The maximum absolute atomic E-state index is 5.92. The van der Waals surface area contributed by atoms with E-state index in [4.69, 9.17) is 9.15 Å². The molecule has 0 fully saturated rings. The third-order valence-electron chi connectivity index (χ3n) is 3.99. The summed E-state index contributed by atoms with van der Waals surface area (Å²) in [6, 6.07) is 13.9. The average molecular weight is 322 g/mol. The number of fused-ring (bicyclic) bond motifs is 2. The molecule has 1 N–H and O–H groups in total. The molecule has 3 heterocycles. The summed E-state index contributed by atoms with van der Waals surface area (Å²) in [7, 11) is 1.90. The summed E-state index contributed by atoms with van der Waals surface area (Å²) in [4.78, 5) is 4.39. The minimum absolute atomic E-state index is 0.250. The van der Waals surface area contributed by atoms with Gasteiger partial charge in [-0.3, -0.25) is 0 Å². The van der Waals surface area contributed by atoms with Crippen LogP contribution in [0, 0.1) is 0 Å². The summed E-state index contributed by atoms with van der Waals surface area (Å²) < 4.78 is 13.4. The maximum Gasteiger partial charge on any atom is 0.231 e. The molecule has 0 saturated carbocycles. The van der Waals surface area contributed by atoms with E-state index < -0.39 is 0 Å². The first-order valence-electron chi connectivity index (χ1n) is 7.88. The molecule has 1 unspecified atom stereocenters. The summed E-state index contributed by atoms with van der Waals surface area (Å²) in [5, 5.41) is 8.72. The van der Waals surface area contributed by atoms with Gasteiger partial charge in [-0.05, 0) is 32.2 Å². The number of hydrogen-bond acceptors (Lipinski definition) is 5. The topological polar surface area (TPSA) is 64.6 Å². The molecule has 0 radical (unpaired) electrons. The van der Waals surface area contributed by atoms with Crippen LogP contribution in [0.3, 0.4) is 0 Å².